The standard InChI is InChI=1S/C15H23NO4/c1-3-5-7-11-10-16(4-2)14(17)13(11)15(18)20-12-8-6-9-19-12/h4,11-13H,2-3,5-10H2,1H3. The Morgan fingerprint density at radius 2 is 2.40 bits per heavy atom. The Balaban J connectivity index is 2.01. The van der Waals surface area contributed by atoms with Crippen LogP contribution in [0.15, 0.2) is 12.8 Å². The van der Waals surface area contributed by atoms with Gasteiger partial charge in [0.1, 0.15) is 5.92 Å². The Morgan fingerprint density at radius 1 is 1.60 bits per heavy atom. The summed E-state index contributed by atoms with van der Waals surface area (Å²) in [5, 5.41) is 0. The summed E-state index contributed by atoms with van der Waals surface area (Å²) >= 11 is 0. The number of hydrogen-bond donors (Lipinski definition) is 0. The molecule has 0 radical (unpaired) electrons. The number of likely N-dealkylation sites (tertiary alicyclic amines) is 1. The maximum atomic E-state index is 12.3. The summed E-state index contributed by atoms with van der Waals surface area (Å²) in [7, 11) is 0. The summed E-state index contributed by atoms with van der Waals surface area (Å²) in [5.41, 5.74) is 0. The van der Waals surface area contributed by atoms with Gasteiger partial charge in [0.05, 0.1) is 6.61 Å². The fraction of sp³-hybridized carbons (Fsp3) is 0.733. The molecule has 0 saturated carbocycles. The third kappa shape index (κ3) is 3.20. The fourth-order valence-corrected chi connectivity index (χ4v) is 2.85. The number of hydrogen-bond acceptors (Lipinski definition) is 4. The molecule has 2 heterocycles. The van der Waals surface area contributed by atoms with E-state index < -0.39 is 18.2 Å². The first-order valence-corrected chi connectivity index (χ1v) is 7.42. The summed E-state index contributed by atoms with van der Waals surface area (Å²) in [5.74, 6) is -1.30. The van der Waals surface area contributed by atoms with E-state index in [1.54, 1.807) is 0 Å². The van der Waals surface area contributed by atoms with E-state index in [0.717, 1.165) is 32.1 Å². The maximum Gasteiger partial charge on any atom is 0.321 e. The van der Waals surface area contributed by atoms with Gasteiger partial charge in [-0.1, -0.05) is 26.3 Å². The Hall–Kier alpha value is -1.36. The quantitative estimate of drug-likeness (QED) is 0.552. The number of ether oxygens (including phenoxy) is 2. The predicted molar refractivity (Wildman–Crippen MR) is 73.5 cm³/mol. The summed E-state index contributed by atoms with van der Waals surface area (Å²) in [6, 6.07) is 0. The van der Waals surface area contributed by atoms with E-state index in [2.05, 4.69) is 13.5 Å². The van der Waals surface area contributed by atoms with Crippen LogP contribution >= 0.6 is 0 Å². The maximum absolute atomic E-state index is 12.3. The SMILES string of the molecule is C=CN1CC(CCCC)C(C(=O)OC2CCCO2)C1=O. The molecule has 0 aromatic heterocycles. The number of rotatable bonds is 6. The van der Waals surface area contributed by atoms with Gasteiger partial charge in [0.2, 0.25) is 12.2 Å². The molecule has 0 aliphatic carbocycles. The number of carbonyl (C=O) groups is 2. The summed E-state index contributed by atoms with van der Waals surface area (Å²) in [6.07, 6.45) is 5.56. The second-order valence-electron chi connectivity index (χ2n) is 5.43. The highest BCUT2D eigenvalue weighted by Gasteiger charge is 2.45. The van der Waals surface area contributed by atoms with Crippen LogP contribution in [0.2, 0.25) is 0 Å². The minimum atomic E-state index is -0.691. The smallest absolute Gasteiger partial charge is 0.321 e. The third-order valence-corrected chi connectivity index (χ3v) is 3.99. The molecule has 112 valence electrons. The lowest BCUT2D eigenvalue weighted by atomic mass is 9.91. The molecule has 2 aliphatic rings. The summed E-state index contributed by atoms with van der Waals surface area (Å²) in [6.45, 7) is 6.91. The number of amides is 1. The van der Waals surface area contributed by atoms with Crippen molar-refractivity contribution in [3.8, 4) is 0 Å². The van der Waals surface area contributed by atoms with Gasteiger partial charge in [0.15, 0.2) is 0 Å². The topological polar surface area (TPSA) is 55.8 Å². The van der Waals surface area contributed by atoms with Gasteiger partial charge in [-0.2, -0.15) is 0 Å². The number of unbranched alkanes of at least 4 members (excludes halogenated alkanes) is 1. The molecular formula is C15H23NO4. The Morgan fingerprint density at radius 3 is 3.00 bits per heavy atom. The lowest BCUT2D eigenvalue weighted by Gasteiger charge is -2.18. The van der Waals surface area contributed by atoms with Crippen LogP contribution in [-0.4, -0.2) is 36.2 Å². The van der Waals surface area contributed by atoms with Crippen molar-refractivity contribution in [2.45, 2.75) is 45.3 Å². The van der Waals surface area contributed by atoms with Crippen LogP contribution < -0.4 is 0 Å². The average molecular weight is 281 g/mol. The van der Waals surface area contributed by atoms with Gasteiger partial charge in [0.25, 0.3) is 0 Å². The van der Waals surface area contributed by atoms with Gasteiger partial charge in [-0.05, 0) is 25.0 Å². The summed E-state index contributed by atoms with van der Waals surface area (Å²) in [4.78, 5) is 26.0. The molecule has 3 unspecified atom stereocenters. The van der Waals surface area contributed by atoms with E-state index >= 15 is 0 Å². The Labute approximate surface area is 119 Å². The predicted octanol–water partition coefficient (Wildman–Crippen LogP) is 2.07. The van der Waals surface area contributed by atoms with Crippen LogP contribution in [-0.2, 0) is 19.1 Å². The molecule has 5 nitrogen and oxygen atoms in total. The highest BCUT2D eigenvalue weighted by atomic mass is 16.7. The van der Waals surface area contributed by atoms with Gasteiger partial charge in [0, 0.05) is 13.0 Å². The number of nitrogens with zero attached hydrogens (tertiary/aromatic N) is 1. The molecule has 2 fully saturated rings. The van der Waals surface area contributed by atoms with E-state index in [4.69, 9.17) is 9.47 Å². The molecule has 0 spiro atoms. The van der Waals surface area contributed by atoms with Crippen molar-refractivity contribution in [1.82, 2.24) is 4.90 Å². The van der Waals surface area contributed by atoms with Crippen LogP contribution in [0.5, 0.6) is 0 Å². The van der Waals surface area contributed by atoms with Gasteiger partial charge >= 0.3 is 5.97 Å². The van der Waals surface area contributed by atoms with Crippen molar-refractivity contribution in [3.05, 3.63) is 12.8 Å². The zero-order chi connectivity index (χ0) is 14.5. The molecule has 0 aromatic carbocycles. The average Bonchev–Trinajstić information content (AvgIpc) is 3.04. The summed E-state index contributed by atoms with van der Waals surface area (Å²) < 4.78 is 10.6. The lowest BCUT2D eigenvalue weighted by Crippen LogP contribution is -2.32. The molecule has 2 aliphatic heterocycles. The van der Waals surface area contributed by atoms with Crippen LogP contribution in [0.25, 0.3) is 0 Å². The van der Waals surface area contributed by atoms with E-state index in [9.17, 15) is 9.59 Å². The van der Waals surface area contributed by atoms with Crippen molar-refractivity contribution in [1.29, 1.82) is 0 Å². The first-order chi connectivity index (χ1) is 9.67. The molecule has 0 bridgehead atoms. The van der Waals surface area contributed by atoms with Crippen molar-refractivity contribution in [3.63, 3.8) is 0 Å². The van der Waals surface area contributed by atoms with Crippen LogP contribution in [0.4, 0.5) is 0 Å². The third-order valence-electron chi connectivity index (χ3n) is 3.99. The molecule has 20 heavy (non-hydrogen) atoms. The molecule has 5 heteroatoms. The zero-order valence-corrected chi connectivity index (χ0v) is 12.0. The second kappa shape index (κ2) is 6.88. The Bertz CT molecular complexity index is 376. The van der Waals surface area contributed by atoms with Gasteiger partial charge in [-0.25, -0.2) is 0 Å². The molecular weight excluding hydrogens is 258 g/mol. The second-order valence-corrected chi connectivity index (χ2v) is 5.43. The number of esters is 1. The first-order valence-electron chi connectivity index (χ1n) is 7.42. The molecule has 2 rings (SSSR count). The molecule has 1 amide bonds. The number of carbonyl (C=O) groups excluding carboxylic acids is 2. The van der Waals surface area contributed by atoms with Crippen molar-refractivity contribution in [2.24, 2.45) is 11.8 Å². The Kier molecular flexibility index (Phi) is 5.17. The van der Waals surface area contributed by atoms with Crippen molar-refractivity contribution < 1.29 is 19.1 Å². The van der Waals surface area contributed by atoms with E-state index in [1.165, 1.54) is 11.1 Å². The first kappa shape index (κ1) is 15.0. The van der Waals surface area contributed by atoms with Crippen LogP contribution in [0.1, 0.15) is 39.0 Å². The monoisotopic (exact) mass is 281 g/mol. The molecule has 0 aromatic rings. The molecule has 2 saturated heterocycles. The zero-order valence-electron chi connectivity index (χ0n) is 12.0. The van der Waals surface area contributed by atoms with E-state index in [0.29, 0.717) is 13.2 Å². The van der Waals surface area contributed by atoms with Crippen LogP contribution in [0.3, 0.4) is 0 Å². The van der Waals surface area contributed by atoms with E-state index in [-0.39, 0.29) is 11.8 Å². The van der Waals surface area contributed by atoms with E-state index in [1.807, 2.05) is 0 Å². The molecule has 0 N–H and O–H groups in total. The van der Waals surface area contributed by atoms with Gasteiger partial charge < -0.3 is 14.4 Å². The molecule has 3 atom stereocenters. The minimum Gasteiger partial charge on any atom is -0.435 e. The minimum absolute atomic E-state index is 0.0225. The van der Waals surface area contributed by atoms with Gasteiger partial charge in [-0.15, -0.1) is 0 Å². The fourth-order valence-electron chi connectivity index (χ4n) is 2.85. The lowest BCUT2D eigenvalue weighted by molar-refractivity contribution is -0.176. The highest BCUT2D eigenvalue weighted by molar-refractivity contribution is 6.00. The largest absolute Gasteiger partial charge is 0.435 e. The van der Waals surface area contributed by atoms with Gasteiger partial charge in [-0.3, -0.25) is 9.59 Å². The van der Waals surface area contributed by atoms with Crippen LogP contribution in [0, 0.1) is 11.8 Å². The normalized spacial score (nSPS) is 29.8. The van der Waals surface area contributed by atoms with Crippen molar-refractivity contribution >= 4 is 11.9 Å². The highest BCUT2D eigenvalue weighted by Crippen LogP contribution is 2.31. The van der Waals surface area contributed by atoms with Crippen molar-refractivity contribution in [2.75, 3.05) is 13.2 Å².